The molecule has 3 heteroatoms. The fourth-order valence-corrected chi connectivity index (χ4v) is 2.29. The monoisotopic (exact) mass is 281 g/mol. The molecule has 0 aromatic heterocycles. The van der Waals surface area contributed by atoms with Gasteiger partial charge in [0.25, 0.3) is 5.91 Å². The highest BCUT2D eigenvalue weighted by Gasteiger charge is 2.26. The average molecular weight is 281 g/mol. The molecule has 2 aromatic rings. The maximum Gasteiger partial charge on any atom is 0.254 e. The van der Waals surface area contributed by atoms with Gasteiger partial charge in [0.15, 0.2) is 0 Å². The van der Waals surface area contributed by atoms with E-state index in [4.69, 9.17) is 0 Å². The van der Waals surface area contributed by atoms with Gasteiger partial charge in [-0.1, -0.05) is 48.5 Å². The van der Waals surface area contributed by atoms with Gasteiger partial charge in [-0.3, -0.25) is 4.79 Å². The van der Waals surface area contributed by atoms with Gasteiger partial charge >= 0.3 is 0 Å². The Morgan fingerprint density at radius 1 is 1.14 bits per heavy atom. The van der Waals surface area contributed by atoms with Crippen LogP contribution in [0.3, 0.4) is 0 Å². The summed E-state index contributed by atoms with van der Waals surface area (Å²) in [4.78, 5) is 12.2. The number of hydrogen-bond donors (Lipinski definition) is 2. The fraction of sp³-hybridized carbons (Fsp3) is 0.167. The summed E-state index contributed by atoms with van der Waals surface area (Å²) in [5.41, 5.74) is 2.59. The Labute approximate surface area is 124 Å². The average Bonchev–Trinajstić information content (AvgIpc) is 2.50. The van der Waals surface area contributed by atoms with Gasteiger partial charge in [-0.05, 0) is 30.2 Å². The zero-order valence-corrected chi connectivity index (χ0v) is 12.0. The molecular formula is C18H19NO2. The van der Waals surface area contributed by atoms with Crippen molar-refractivity contribution in [1.29, 1.82) is 0 Å². The topological polar surface area (TPSA) is 49.3 Å². The molecule has 0 heterocycles. The number of hydrogen-bond acceptors (Lipinski definition) is 2. The second-order valence-corrected chi connectivity index (χ2v) is 4.92. The van der Waals surface area contributed by atoms with Crippen LogP contribution in [0, 0.1) is 6.92 Å². The van der Waals surface area contributed by atoms with Crippen LogP contribution >= 0.6 is 0 Å². The van der Waals surface area contributed by atoms with Gasteiger partial charge in [0.05, 0.1) is 0 Å². The first-order chi connectivity index (χ1) is 10.1. The van der Waals surface area contributed by atoms with Crippen molar-refractivity contribution < 1.29 is 9.90 Å². The summed E-state index contributed by atoms with van der Waals surface area (Å²) in [5.74, 6) is -0.871. The molecule has 2 atom stereocenters. The van der Waals surface area contributed by atoms with Crippen molar-refractivity contribution in [2.75, 3.05) is 5.32 Å². The van der Waals surface area contributed by atoms with Crippen molar-refractivity contribution in [2.24, 2.45) is 0 Å². The van der Waals surface area contributed by atoms with E-state index in [9.17, 15) is 9.90 Å². The van der Waals surface area contributed by atoms with Gasteiger partial charge < -0.3 is 10.4 Å². The summed E-state index contributed by atoms with van der Waals surface area (Å²) in [6.07, 6.45) is 0.432. The second-order valence-electron chi connectivity index (χ2n) is 4.92. The fourth-order valence-electron chi connectivity index (χ4n) is 2.29. The third-order valence-electron chi connectivity index (χ3n) is 3.45. The van der Waals surface area contributed by atoms with Crippen molar-refractivity contribution in [2.45, 2.75) is 18.9 Å². The molecule has 2 rings (SSSR count). The van der Waals surface area contributed by atoms with Crippen molar-refractivity contribution in [1.82, 2.24) is 0 Å². The Morgan fingerprint density at radius 3 is 2.38 bits per heavy atom. The van der Waals surface area contributed by atoms with Crippen LogP contribution in [-0.4, -0.2) is 17.1 Å². The van der Waals surface area contributed by atoms with Gasteiger partial charge in [-0.25, -0.2) is 0 Å². The standard InChI is InChI=1S/C18H19NO2/c1-3-15(16-12-8-7-9-13(16)2)17(20)18(21)19-14-10-5-4-6-11-14/h3-12,15,17,20H,1H2,2H3,(H,19,21)/t15-,17+/m1/s1. The van der Waals surface area contributed by atoms with E-state index in [1.54, 1.807) is 18.2 Å². The van der Waals surface area contributed by atoms with Crippen molar-refractivity contribution >= 4 is 11.6 Å². The molecule has 0 unspecified atom stereocenters. The van der Waals surface area contributed by atoms with Crippen LogP contribution in [0.2, 0.25) is 0 Å². The number of aliphatic hydroxyl groups excluding tert-OH is 1. The largest absolute Gasteiger partial charge is 0.382 e. The summed E-state index contributed by atoms with van der Waals surface area (Å²) < 4.78 is 0. The maximum absolute atomic E-state index is 12.2. The number of para-hydroxylation sites is 1. The molecule has 0 saturated heterocycles. The van der Waals surface area contributed by atoms with E-state index in [1.807, 2.05) is 49.4 Å². The maximum atomic E-state index is 12.2. The second kappa shape index (κ2) is 6.86. The molecule has 1 amide bonds. The Morgan fingerprint density at radius 2 is 1.76 bits per heavy atom. The molecule has 0 radical (unpaired) electrons. The van der Waals surface area contributed by atoms with E-state index >= 15 is 0 Å². The first kappa shape index (κ1) is 15.0. The summed E-state index contributed by atoms with van der Waals surface area (Å²) >= 11 is 0. The van der Waals surface area contributed by atoms with Gasteiger partial charge in [-0.15, -0.1) is 6.58 Å². The zero-order chi connectivity index (χ0) is 15.2. The van der Waals surface area contributed by atoms with E-state index in [0.29, 0.717) is 5.69 Å². The van der Waals surface area contributed by atoms with Crippen LogP contribution < -0.4 is 5.32 Å². The van der Waals surface area contributed by atoms with E-state index in [1.165, 1.54) is 0 Å². The number of aliphatic hydroxyl groups is 1. The normalized spacial score (nSPS) is 13.2. The molecule has 2 aromatic carbocycles. The number of nitrogens with one attached hydrogen (secondary N) is 1. The van der Waals surface area contributed by atoms with Crippen molar-refractivity contribution in [3.05, 3.63) is 78.4 Å². The number of anilines is 1. The number of aryl methyl sites for hydroxylation is 1. The smallest absolute Gasteiger partial charge is 0.254 e. The third-order valence-corrected chi connectivity index (χ3v) is 3.45. The lowest BCUT2D eigenvalue weighted by Gasteiger charge is -2.21. The molecule has 0 bridgehead atoms. The van der Waals surface area contributed by atoms with E-state index in [-0.39, 0.29) is 0 Å². The first-order valence-electron chi connectivity index (χ1n) is 6.85. The highest BCUT2D eigenvalue weighted by molar-refractivity contribution is 5.94. The highest BCUT2D eigenvalue weighted by atomic mass is 16.3. The van der Waals surface area contributed by atoms with Crippen molar-refractivity contribution in [3.63, 3.8) is 0 Å². The van der Waals surface area contributed by atoms with Crippen LogP contribution in [-0.2, 0) is 4.79 Å². The molecule has 3 nitrogen and oxygen atoms in total. The number of benzene rings is 2. The summed E-state index contributed by atoms with van der Waals surface area (Å²) in [6.45, 7) is 5.70. The van der Waals surface area contributed by atoms with E-state index in [2.05, 4.69) is 11.9 Å². The van der Waals surface area contributed by atoms with Gasteiger partial charge in [0, 0.05) is 11.6 Å². The van der Waals surface area contributed by atoms with Crippen LogP contribution in [0.15, 0.2) is 67.3 Å². The summed E-state index contributed by atoms with van der Waals surface area (Å²) in [7, 11) is 0. The minimum Gasteiger partial charge on any atom is -0.382 e. The lowest BCUT2D eigenvalue weighted by Crippen LogP contribution is -2.32. The molecule has 21 heavy (non-hydrogen) atoms. The predicted molar refractivity (Wildman–Crippen MR) is 85.2 cm³/mol. The molecule has 2 N–H and O–H groups in total. The van der Waals surface area contributed by atoms with Crippen molar-refractivity contribution in [3.8, 4) is 0 Å². The molecular weight excluding hydrogens is 262 g/mol. The molecule has 0 fully saturated rings. The SMILES string of the molecule is C=C[C@H](c1ccccc1C)[C@H](O)C(=O)Nc1ccccc1. The number of carbonyl (C=O) groups excluding carboxylic acids is 1. The summed E-state index contributed by atoms with van der Waals surface area (Å²) in [6, 6.07) is 16.8. The molecule has 0 spiro atoms. The predicted octanol–water partition coefficient (Wildman–Crippen LogP) is 3.26. The zero-order valence-electron chi connectivity index (χ0n) is 12.0. The number of rotatable bonds is 5. The lowest BCUT2D eigenvalue weighted by atomic mass is 9.90. The number of amides is 1. The molecule has 0 aliphatic carbocycles. The van der Waals surface area contributed by atoms with Crippen LogP contribution in [0.4, 0.5) is 5.69 Å². The Hall–Kier alpha value is -2.39. The highest BCUT2D eigenvalue weighted by Crippen LogP contribution is 2.25. The first-order valence-corrected chi connectivity index (χ1v) is 6.85. The lowest BCUT2D eigenvalue weighted by molar-refractivity contribution is -0.124. The quantitative estimate of drug-likeness (QED) is 0.826. The molecule has 108 valence electrons. The minimum absolute atomic E-state index is 0.435. The van der Waals surface area contributed by atoms with Gasteiger partial charge in [0.1, 0.15) is 6.10 Å². The molecule has 0 saturated carbocycles. The molecule has 0 aliphatic heterocycles. The Kier molecular flexibility index (Phi) is 4.90. The summed E-state index contributed by atoms with van der Waals surface area (Å²) in [5, 5.41) is 13.0. The Bertz CT molecular complexity index is 622. The van der Waals surface area contributed by atoms with Gasteiger partial charge in [0.2, 0.25) is 0 Å². The van der Waals surface area contributed by atoms with Crippen LogP contribution in [0.5, 0.6) is 0 Å². The minimum atomic E-state index is -1.18. The van der Waals surface area contributed by atoms with Crippen LogP contribution in [0.1, 0.15) is 17.0 Å². The van der Waals surface area contributed by atoms with E-state index < -0.39 is 17.9 Å². The molecule has 0 aliphatic rings. The van der Waals surface area contributed by atoms with Crippen LogP contribution in [0.25, 0.3) is 0 Å². The number of carbonyl (C=O) groups is 1. The Balaban J connectivity index is 2.17. The van der Waals surface area contributed by atoms with Gasteiger partial charge in [-0.2, -0.15) is 0 Å². The van der Waals surface area contributed by atoms with E-state index in [0.717, 1.165) is 11.1 Å². The third kappa shape index (κ3) is 3.58.